The van der Waals surface area contributed by atoms with E-state index in [0.717, 1.165) is 24.1 Å². The van der Waals surface area contributed by atoms with Gasteiger partial charge in [-0.15, -0.1) is 0 Å². The second kappa shape index (κ2) is 6.19. The Morgan fingerprint density at radius 1 is 1.29 bits per heavy atom. The summed E-state index contributed by atoms with van der Waals surface area (Å²) in [4.78, 5) is 5.22. The Balaban J connectivity index is 2.31. The minimum Gasteiger partial charge on any atom is -0.391 e. The zero-order valence-corrected chi connectivity index (χ0v) is 8.86. The molecule has 0 fully saturated rings. The molecule has 0 aliphatic carbocycles. The smallest absolute Gasteiger partial charge is 0.142 e. The van der Waals surface area contributed by atoms with Crippen LogP contribution in [0.4, 0.5) is 0 Å². The van der Waals surface area contributed by atoms with Gasteiger partial charge in [0.25, 0.3) is 0 Å². The predicted octanol–water partition coefficient (Wildman–Crippen LogP) is 3.38. The predicted molar refractivity (Wildman–Crippen MR) is 59.2 cm³/mol. The van der Waals surface area contributed by atoms with Crippen molar-refractivity contribution in [2.24, 2.45) is 5.16 Å². The van der Waals surface area contributed by atoms with Crippen molar-refractivity contribution >= 4 is 5.71 Å². The highest BCUT2D eigenvalue weighted by Gasteiger charge is 1.91. The molecule has 1 rings (SSSR count). The van der Waals surface area contributed by atoms with Crippen molar-refractivity contribution in [2.45, 2.75) is 33.3 Å². The van der Waals surface area contributed by atoms with Crippen LogP contribution >= 0.6 is 0 Å². The standard InChI is InChI=1S/C12H17NO/c1-3-7-11(2)13-14-10-12-8-5-4-6-9-12/h4-6,8-9H,3,7,10H2,1-2H3. The highest BCUT2D eigenvalue weighted by Crippen LogP contribution is 2.01. The number of hydrogen-bond donors (Lipinski definition) is 0. The van der Waals surface area contributed by atoms with Crippen molar-refractivity contribution in [1.29, 1.82) is 0 Å². The Labute approximate surface area is 85.6 Å². The molecular formula is C12H17NO. The average Bonchev–Trinajstić information content (AvgIpc) is 2.20. The Hall–Kier alpha value is -1.31. The molecule has 0 atom stereocenters. The average molecular weight is 191 g/mol. The van der Waals surface area contributed by atoms with Gasteiger partial charge in [-0.05, 0) is 18.9 Å². The quantitative estimate of drug-likeness (QED) is 0.516. The summed E-state index contributed by atoms with van der Waals surface area (Å²) in [5, 5.41) is 4.03. The minimum absolute atomic E-state index is 0.557. The largest absolute Gasteiger partial charge is 0.391 e. The van der Waals surface area contributed by atoms with E-state index in [9.17, 15) is 0 Å². The van der Waals surface area contributed by atoms with Crippen LogP contribution in [0.5, 0.6) is 0 Å². The van der Waals surface area contributed by atoms with Crippen molar-refractivity contribution in [1.82, 2.24) is 0 Å². The highest BCUT2D eigenvalue weighted by atomic mass is 16.6. The van der Waals surface area contributed by atoms with E-state index in [1.54, 1.807) is 0 Å². The lowest BCUT2D eigenvalue weighted by atomic mass is 10.2. The number of oxime groups is 1. The lowest BCUT2D eigenvalue weighted by molar-refractivity contribution is 0.129. The molecule has 76 valence electrons. The van der Waals surface area contributed by atoms with Gasteiger partial charge in [0.2, 0.25) is 0 Å². The molecule has 0 N–H and O–H groups in total. The van der Waals surface area contributed by atoms with Gasteiger partial charge in [0.05, 0.1) is 5.71 Å². The molecule has 0 aliphatic rings. The molecule has 0 radical (unpaired) electrons. The first-order valence-corrected chi connectivity index (χ1v) is 5.02. The fourth-order valence-corrected chi connectivity index (χ4v) is 1.20. The van der Waals surface area contributed by atoms with Gasteiger partial charge in [-0.3, -0.25) is 0 Å². The fourth-order valence-electron chi connectivity index (χ4n) is 1.20. The number of hydrogen-bond acceptors (Lipinski definition) is 2. The molecule has 2 nitrogen and oxygen atoms in total. The number of rotatable bonds is 5. The molecule has 0 saturated carbocycles. The van der Waals surface area contributed by atoms with E-state index >= 15 is 0 Å². The van der Waals surface area contributed by atoms with E-state index < -0.39 is 0 Å². The minimum atomic E-state index is 0.557. The molecule has 0 amide bonds. The van der Waals surface area contributed by atoms with Gasteiger partial charge in [-0.1, -0.05) is 48.8 Å². The normalized spacial score (nSPS) is 11.4. The van der Waals surface area contributed by atoms with Crippen LogP contribution in [0.2, 0.25) is 0 Å². The summed E-state index contributed by atoms with van der Waals surface area (Å²) in [6, 6.07) is 10.1. The molecule has 0 heterocycles. The van der Waals surface area contributed by atoms with Gasteiger partial charge >= 0.3 is 0 Å². The summed E-state index contributed by atoms with van der Waals surface area (Å²) in [5.41, 5.74) is 2.21. The van der Waals surface area contributed by atoms with Gasteiger partial charge in [0.15, 0.2) is 0 Å². The zero-order chi connectivity index (χ0) is 10.2. The lowest BCUT2D eigenvalue weighted by Crippen LogP contribution is -1.93. The first-order valence-electron chi connectivity index (χ1n) is 5.02. The van der Waals surface area contributed by atoms with Crippen LogP contribution in [0.15, 0.2) is 35.5 Å². The van der Waals surface area contributed by atoms with E-state index in [-0.39, 0.29) is 0 Å². The van der Waals surface area contributed by atoms with Crippen molar-refractivity contribution in [3.63, 3.8) is 0 Å². The van der Waals surface area contributed by atoms with Gasteiger partial charge in [0, 0.05) is 0 Å². The molecule has 14 heavy (non-hydrogen) atoms. The van der Waals surface area contributed by atoms with Crippen LogP contribution < -0.4 is 0 Å². The highest BCUT2D eigenvalue weighted by molar-refractivity contribution is 5.81. The van der Waals surface area contributed by atoms with E-state index in [1.807, 2.05) is 37.3 Å². The van der Waals surface area contributed by atoms with Crippen LogP contribution in [0.1, 0.15) is 32.3 Å². The van der Waals surface area contributed by atoms with E-state index in [0.29, 0.717) is 6.61 Å². The SMILES string of the molecule is CCCC(C)=NOCc1ccccc1. The Morgan fingerprint density at radius 3 is 2.64 bits per heavy atom. The topological polar surface area (TPSA) is 21.6 Å². The maximum Gasteiger partial charge on any atom is 0.142 e. The molecule has 2 heteroatoms. The third kappa shape index (κ3) is 4.08. The molecule has 0 spiro atoms. The summed E-state index contributed by atoms with van der Waals surface area (Å²) in [6.45, 7) is 4.69. The van der Waals surface area contributed by atoms with E-state index in [1.165, 1.54) is 0 Å². The number of nitrogens with zero attached hydrogens (tertiary/aromatic N) is 1. The van der Waals surface area contributed by atoms with Gasteiger partial charge in [0.1, 0.15) is 6.61 Å². The summed E-state index contributed by atoms with van der Waals surface area (Å²) in [6.07, 6.45) is 2.12. The van der Waals surface area contributed by atoms with Crippen molar-refractivity contribution in [3.8, 4) is 0 Å². The molecular weight excluding hydrogens is 174 g/mol. The van der Waals surface area contributed by atoms with Crippen LogP contribution in [0.25, 0.3) is 0 Å². The summed E-state index contributed by atoms with van der Waals surface area (Å²) >= 11 is 0. The van der Waals surface area contributed by atoms with Crippen LogP contribution in [-0.2, 0) is 11.4 Å². The van der Waals surface area contributed by atoms with Crippen LogP contribution in [-0.4, -0.2) is 5.71 Å². The Bertz CT molecular complexity index is 280. The van der Waals surface area contributed by atoms with Gasteiger partial charge in [-0.25, -0.2) is 0 Å². The molecule has 0 saturated heterocycles. The first kappa shape index (κ1) is 10.8. The maximum absolute atomic E-state index is 5.22. The molecule has 0 aliphatic heterocycles. The second-order valence-corrected chi connectivity index (χ2v) is 3.34. The van der Waals surface area contributed by atoms with Crippen molar-refractivity contribution in [2.75, 3.05) is 0 Å². The van der Waals surface area contributed by atoms with Gasteiger partial charge in [-0.2, -0.15) is 0 Å². The Morgan fingerprint density at radius 2 is 2.00 bits per heavy atom. The van der Waals surface area contributed by atoms with Gasteiger partial charge < -0.3 is 4.84 Å². The van der Waals surface area contributed by atoms with E-state index in [2.05, 4.69) is 12.1 Å². The summed E-state index contributed by atoms with van der Waals surface area (Å²) < 4.78 is 0. The second-order valence-electron chi connectivity index (χ2n) is 3.34. The monoisotopic (exact) mass is 191 g/mol. The lowest BCUT2D eigenvalue weighted by Gasteiger charge is -2.00. The molecule has 1 aromatic rings. The Kier molecular flexibility index (Phi) is 4.76. The zero-order valence-electron chi connectivity index (χ0n) is 8.86. The van der Waals surface area contributed by atoms with Crippen molar-refractivity contribution in [3.05, 3.63) is 35.9 Å². The third-order valence-electron chi connectivity index (χ3n) is 1.91. The third-order valence-corrected chi connectivity index (χ3v) is 1.91. The van der Waals surface area contributed by atoms with Crippen LogP contribution in [0.3, 0.4) is 0 Å². The number of benzene rings is 1. The summed E-state index contributed by atoms with van der Waals surface area (Å²) in [5.74, 6) is 0. The first-order chi connectivity index (χ1) is 6.83. The fraction of sp³-hybridized carbons (Fsp3) is 0.417. The van der Waals surface area contributed by atoms with Crippen LogP contribution in [0, 0.1) is 0 Å². The maximum atomic E-state index is 5.22. The molecule has 0 bridgehead atoms. The summed E-state index contributed by atoms with van der Waals surface area (Å²) in [7, 11) is 0. The molecule has 0 unspecified atom stereocenters. The molecule has 1 aromatic carbocycles. The van der Waals surface area contributed by atoms with E-state index in [4.69, 9.17) is 4.84 Å². The molecule has 0 aromatic heterocycles. The van der Waals surface area contributed by atoms with Crippen molar-refractivity contribution < 1.29 is 4.84 Å².